The zero-order valence-corrected chi connectivity index (χ0v) is 18.9. The number of fused-ring (bicyclic) bond motifs is 2. The number of pyridine rings is 2. The zero-order chi connectivity index (χ0) is 22.4. The van der Waals surface area contributed by atoms with Crippen LogP contribution in [-0.4, -0.2) is 19.1 Å². The number of para-hydroxylation sites is 2. The second kappa shape index (κ2) is 8.82. The average Bonchev–Trinajstić information content (AvgIpc) is 3.37. The molecule has 0 atom stereocenters. The van der Waals surface area contributed by atoms with Gasteiger partial charge in [-0.2, -0.15) is 0 Å². The normalized spacial score (nSPS) is 11.0. The number of ether oxygens (including phenoxy) is 1. The second-order valence-corrected chi connectivity index (χ2v) is 7.33. The monoisotopic (exact) mass is 542 g/mol. The summed E-state index contributed by atoms with van der Waals surface area (Å²) in [4.78, 5) is 8.97. The van der Waals surface area contributed by atoms with Crippen molar-refractivity contribution in [3.05, 3.63) is 109 Å². The molecule has 168 valence electrons. The molecule has 0 N–H and O–H groups in total. The van der Waals surface area contributed by atoms with Crippen molar-refractivity contribution in [1.29, 1.82) is 0 Å². The molecule has 0 saturated carbocycles. The van der Waals surface area contributed by atoms with Crippen molar-refractivity contribution >= 4 is 21.8 Å². The van der Waals surface area contributed by atoms with Crippen LogP contribution in [0.5, 0.6) is 11.8 Å². The molecule has 6 rings (SSSR count). The number of hydrogen-bond acceptors (Lipinski definition) is 3. The Balaban J connectivity index is 0.00000241. The summed E-state index contributed by atoms with van der Waals surface area (Å²) in [5, 5.41) is 0.921. The molecule has 4 heterocycles. The number of hydrogen-bond donors (Lipinski definition) is 0. The molecule has 2 aromatic carbocycles. The van der Waals surface area contributed by atoms with E-state index in [1.165, 1.54) is 0 Å². The Bertz CT molecular complexity index is 1520. The molecule has 0 aliphatic rings. The Morgan fingerprint density at radius 3 is 1.50 bits per heavy atom. The summed E-state index contributed by atoms with van der Waals surface area (Å²) in [7, 11) is 0. The van der Waals surface area contributed by atoms with Gasteiger partial charge < -0.3 is 13.9 Å². The summed E-state index contributed by atoms with van der Waals surface area (Å²) in [6, 6.07) is 24.5. The molecule has 0 saturated heterocycles. The van der Waals surface area contributed by atoms with Gasteiger partial charge in [-0.05, 0) is 24.5 Å². The van der Waals surface area contributed by atoms with Crippen LogP contribution in [-0.2, 0) is 20.4 Å². The van der Waals surface area contributed by atoms with Gasteiger partial charge in [0, 0.05) is 0 Å². The summed E-state index contributed by atoms with van der Waals surface area (Å²) < 4.78 is 37.5. The standard InChI is InChI=1S/C26H14F2N4O.Pd/c27-19-15-31(21-9-3-1-7-17(19)21)23-11-5-13-25(29-23)33-26-14-6-12-24(30-26)32-16-20(28)18-8-2-4-10-22(18)32;/h1-14H;/q-2;+2. The van der Waals surface area contributed by atoms with Crippen LogP contribution in [0, 0.1) is 24.0 Å². The third kappa shape index (κ3) is 3.77. The van der Waals surface area contributed by atoms with Crippen LogP contribution in [0.2, 0.25) is 0 Å². The summed E-state index contributed by atoms with van der Waals surface area (Å²) in [6.07, 6.45) is 5.37. The van der Waals surface area contributed by atoms with E-state index >= 15 is 0 Å². The summed E-state index contributed by atoms with van der Waals surface area (Å²) in [6.45, 7) is 0. The number of nitrogens with zero attached hydrogens (tertiary/aromatic N) is 4. The fourth-order valence-electron chi connectivity index (χ4n) is 3.78. The minimum absolute atomic E-state index is 0. The van der Waals surface area contributed by atoms with Gasteiger partial charge in [-0.25, -0.2) is 18.7 Å². The summed E-state index contributed by atoms with van der Waals surface area (Å²) >= 11 is 0. The Labute approximate surface area is 206 Å². The van der Waals surface area contributed by atoms with Gasteiger partial charge in [-0.1, -0.05) is 82.5 Å². The Morgan fingerprint density at radius 2 is 1.03 bits per heavy atom. The fraction of sp³-hybridized carbons (Fsp3) is 0. The first-order chi connectivity index (χ1) is 16.2. The minimum Gasteiger partial charge on any atom is -0.426 e. The Morgan fingerprint density at radius 1 is 0.588 bits per heavy atom. The van der Waals surface area contributed by atoms with Crippen molar-refractivity contribution < 1.29 is 33.9 Å². The molecular formula is C26H14F2N4OPd. The Kier molecular flexibility index (Phi) is 5.70. The van der Waals surface area contributed by atoms with Crippen molar-refractivity contribution in [2.75, 3.05) is 0 Å². The van der Waals surface area contributed by atoms with Crippen LogP contribution in [0.1, 0.15) is 0 Å². The van der Waals surface area contributed by atoms with E-state index < -0.39 is 11.6 Å². The first kappa shape index (κ1) is 22.0. The SMILES string of the molecule is Fc1[c-]n(-c2cccc(Oc3cccc(-n4[c-]c(F)c5ccccc54)n3)n2)c2ccccc12.[Pd+2]. The third-order valence-corrected chi connectivity index (χ3v) is 5.27. The molecule has 0 unspecified atom stereocenters. The number of rotatable bonds is 4. The van der Waals surface area contributed by atoms with Gasteiger partial charge in [0.05, 0.1) is 23.3 Å². The quantitative estimate of drug-likeness (QED) is 0.202. The van der Waals surface area contributed by atoms with E-state index in [9.17, 15) is 8.78 Å². The van der Waals surface area contributed by atoms with E-state index in [0.717, 1.165) is 0 Å². The molecule has 0 fully saturated rings. The van der Waals surface area contributed by atoms with Crippen molar-refractivity contribution in [3.8, 4) is 23.4 Å². The molecule has 5 nitrogen and oxygen atoms in total. The molecule has 0 aliphatic carbocycles. The van der Waals surface area contributed by atoms with Crippen molar-refractivity contribution in [2.24, 2.45) is 0 Å². The zero-order valence-electron chi connectivity index (χ0n) is 17.4. The molecule has 0 radical (unpaired) electrons. The minimum atomic E-state index is -0.449. The number of benzene rings is 2. The van der Waals surface area contributed by atoms with Crippen LogP contribution < -0.4 is 4.74 Å². The molecule has 0 spiro atoms. The van der Waals surface area contributed by atoms with E-state index in [1.54, 1.807) is 81.9 Å². The third-order valence-electron chi connectivity index (χ3n) is 5.27. The van der Waals surface area contributed by atoms with Gasteiger partial charge in [-0.15, -0.1) is 12.1 Å². The van der Waals surface area contributed by atoms with Gasteiger partial charge in [0.15, 0.2) is 0 Å². The van der Waals surface area contributed by atoms with Crippen LogP contribution in [0.3, 0.4) is 0 Å². The first-order valence-electron chi connectivity index (χ1n) is 10.2. The van der Waals surface area contributed by atoms with Crippen LogP contribution in [0.25, 0.3) is 33.4 Å². The predicted molar refractivity (Wildman–Crippen MR) is 120 cm³/mol. The number of aromatic nitrogens is 4. The first-order valence-corrected chi connectivity index (χ1v) is 10.2. The van der Waals surface area contributed by atoms with Crippen molar-refractivity contribution in [2.45, 2.75) is 0 Å². The van der Waals surface area contributed by atoms with Crippen LogP contribution in [0.15, 0.2) is 84.9 Å². The van der Waals surface area contributed by atoms with E-state index in [4.69, 9.17) is 4.74 Å². The van der Waals surface area contributed by atoms with Gasteiger partial charge in [0.1, 0.15) is 0 Å². The molecule has 0 aliphatic heterocycles. The van der Waals surface area contributed by atoms with Crippen molar-refractivity contribution in [1.82, 2.24) is 19.1 Å². The molecule has 8 heteroatoms. The second-order valence-electron chi connectivity index (χ2n) is 7.33. The molecule has 0 amide bonds. The molecule has 4 aromatic heterocycles. The topological polar surface area (TPSA) is 44.9 Å². The van der Waals surface area contributed by atoms with E-state index in [0.29, 0.717) is 33.4 Å². The van der Waals surface area contributed by atoms with Gasteiger partial charge in [0.2, 0.25) is 11.8 Å². The van der Waals surface area contributed by atoms with Crippen LogP contribution in [0.4, 0.5) is 8.78 Å². The molecule has 34 heavy (non-hydrogen) atoms. The largest absolute Gasteiger partial charge is 2.00 e. The number of halogens is 2. The summed E-state index contributed by atoms with van der Waals surface area (Å²) in [5.74, 6) is 0.560. The smallest absolute Gasteiger partial charge is 0.426 e. The fourth-order valence-corrected chi connectivity index (χ4v) is 3.78. The maximum atomic E-state index is 14.3. The van der Waals surface area contributed by atoms with Gasteiger partial charge >= 0.3 is 20.4 Å². The van der Waals surface area contributed by atoms with Gasteiger partial charge in [0.25, 0.3) is 0 Å². The maximum Gasteiger partial charge on any atom is 2.00 e. The molecular weight excluding hydrogens is 529 g/mol. The Hall–Kier alpha value is -3.86. The maximum absolute atomic E-state index is 14.3. The van der Waals surface area contributed by atoms with E-state index in [-0.39, 0.29) is 32.2 Å². The van der Waals surface area contributed by atoms with E-state index in [1.807, 2.05) is 12.1 Å². The molecule has 6 aromatic rings. The van der Waals surface area contributed by atoms with Crippen molar-refractivity contribution in [3.63, 3.8) is 0 Å². The van der Waals surface area contributed by atoms with Gasteiger partial charge in [-0.3, -0.25) is 0 Å². The van der Waals surface area contributed by atoms with Crippen LogP contribution >= 0.6 is 0 Å². The predicted octanol–water partition coefficient (Wildman–Crippen LogP) is 6.03. The summed E-state index contributed by atoms with van der Waals surface area (Å²) in [5.41, 5.74) is 1.30. The molecule has 0 bridgehead atoms. The van der Waals surface area contributed by atoms with E-state index in [2.05, 4.69) is 22.4 Å². The average molecular weight is 543 g/mol.